The first-order valence-corrected chi connectivity index (χ1v) is 9.06. The third-order valence-electron chi connectivity index (χ3n) is 3.92. The normalized spacial score (nSPS) is 15.3. The Morgan fingerprint density at radius 2 is 1.85 bits per heavy atom. The average molecular weight is 404 g/mol. The van der Waals surface area contributed by atoms with E-state index in [0.717, 1.165) is 5.56 Å². The van der Waals surface area contributed by atoms with Crippen LogP contribution in [0.1, 0.15) is 5.56 Å². The van der Waals surface area contributed by atoms with Gasteiger partial charge >= 0.3 is 0 Å². The van der Waals surface area contributed by atoms with Crippen molar-refractivity contribution < 1.29 is 9.53 Å². The number of para-hydroxylation sites is 1. The predicted molar refractivity (Wildman–Crippen MR) is 110 cm³/mol. The van der Waals surface area contributed by atoms with Crippen molar-refractivity contribution in [2.24, 2.45) is 5.10 Å². The Morgan fingerprint density at radius 1 is 1.15 bits per heavy atom. The molecule has 0 fully saturated rings. The number of anilines is 1. The molecule has 5 nitrogen and oxygen atoms in total. The van der Waals surface area contributed by atoms with Crippen molar-refractivity contribution in [3.05, 3.63) is 69.8 Å². The molecule has 1 amide bonds. The fourth-order valence-electron chi connectivity index (χ4n) is 2.58. The van der Waals surface area contributed by atoms with Gasteiger partial charge in [0.2, 0.25) is 0 Å². The van der Waals surface area contributed by atoms with Gasteiger partial charge in [-0.05, 0) is 36.8 Å². The average Bonchev–Trinajstić information content (AvgIpc) is 2.93. The molecule has 0 bridgehead atoms. The molecule has 2 aromatic rings. The van der Waals surface area contributed by atoms with E-state index in [0.29, 0.717) is 32.8 Å². The lowest BCUT2D eigenvalue weighted by Crippen LogP contribution is -2.23. The summed E-state index contributed by atoms with van der Waals surface area (Å²) in [6.07, 6.45) is 1.74. The molecule has 0 aromatic heterocycles. The van der Waals surface area contributed by atoms with E-state index in [2.05, 4.69) is 5.10 Å². The molecule has 0 N–H and O–H groups in total. The molecule has 7 heteroatoms. The van der Waals surface area contributed by atoms with Crippen molar-refractivity contribution in [3.8, 4) is 5.75 Å². The second-order valence-electron chi connectivity index (χ2n) is 6.33. The van der Waals surface area contributed by atoms with Crippen LogP contribution in [0.2, 0.25) is 10.0 Å². The molecule has 1 heterocycles. The zero-order chi connectivity index (χ0) is 19.6. The van der Waals surface area contributed by atoms with Crippen molar-refractivity contribution in [2.75, 3.05) is 25.7 Å². The summed E-state index contributed by atoms with van der Waals surface area (Å²) in [7, 11) is 3.70. The van der Waals surface area contributed by atoms with E-state index in [4.69, 9.17) is 27.9 Å². The molecular formula is C20H19Cl2N3O2. The van der Waals surface area contributed by atoms with Gasteiger partial charge in [-0.15, -0.1) is 0 Å². The molecule has 0 spiro atoms. The number of nitrogens with zero attached hydrogens (tertiary/aromatic N) is 3. The van der Waals surface area contributed by atoms with Crippen LogP contribution < -0.4 is 9.75 Å². The van der Waals surface area contributed by atoms with Crippen molar-refractivity contribution in [1.29, 1.82) is 0 Å². The monoisotopic (exact) mass is 403 g/mol. The number of halogens is 2. The van der Waals surface area contributed by atoms with Gasteiger partial charge in [0.15, 0.2) is 0 Å². The molecule has 3 rings (SSSR count). The Labute approximate surface area is 168 Å². The minimum Gasteiger partial charge on any atom is -0.486 e. The van der Waals surface area contributed by atoms with Crippen LogP contribution >= 0.6 is 23.2 Å². The molecule has 0 aliphatic carbocycles. The van der Waals surface area contributed by atoms with Crippen LogP contribution in [0.25, 0.3) is 0 Å². The van der Waals surface area contributed by atoms with E-state index in [1.54, 1.807) is 23.2 Å². The smallest absolute Gasteiger partial charge is 0.282 e. The SMILES string of the molecule is Cc1cc(OCC2=NN(c3ccccc3)C(=O)/C2=C\N(C)C)c(Cl)cc1Cl. The molecular weight excluding hydrogens is 385 g/mol. The van der Waals surface area contributed by atoms with Crippen LogP contribution in [-0.2, 0) is 4.79 Å². The fourth-order valence-corrected chi connectivity index (χ4v) is 3.02. The van der Waals surface area contributed by atoms with E-state index in [1.165, 1.54) is 5.01 Å². The number of carbonyl (C=O) groups is 1. The molecule has 0 radical (unpaired) electrons. The summed E-state index contributed by atoms with van der Waals surface area (Å²) in [5.41, 5.74) is 2.56. The molecule has 0 unspecified atom stereocenters. The summed E-state index contributed by atoms with van der Waals surface area (Å²) in [5, 5.41) is 6.83. The first kappa shape index (κ1) is 19.3. The summed E-state index contributed by atoms with van der Waals surface area (Å²) in [6.45, 7) is 1.98. The Balaban J connectivity index is 1.89. The van der Waals surface area contributed by atoms with Gasteiger partial charge in [0, 0.05) is 25.3 Å². The second kappa shape index (κ2) is 8.03. The Kier molecular flexibility index (Phi) is 5.73. The second-order valence-corrected chi connectivity index (χ2v) is 7.14. The number of carbonyl (C=O) groups excluding carboxylic acids is 1. The van der Waals surface area contributed by atoms with Gasteiger partial charge in [-0.25, -0.2) is 0 Å². The van der Waals surface area contributed by atoms with Gasteiger partial charge in [-0.2, -0.15) is 10.1 Å². The molecule has 0 saturated carbocycles. The number of ether oxygens (including phenoxy) is 1. The molecule has 1 aliphatic rings. The van der Waals surface area contributed by atoms with Crippen molar-refractivity contribution >= 4 is 40.5 Å². The quantitative estimate of drug-likeness (QED) is 0.688. The Morgan fingerprint density at radius 3 is 2.52 bits per heavy atom. The van der Waals surface area contributed by atoms with Crippen LogP contribution in [0.4, 0.5) is 5.69 Å². The molecule has 0 saturated heterocycles. The van der Waals surface area contributed by atoms with Crippen molar-refractivity contribution in [3.63, 3.8) is 0 Å². The maximum absolute atomic E-state index is 12.8. The van der Waals surface area contributed by atoms with Crippen LogP contribution in [0, 0.1) is 6.92 Å². The number of rotatable bonds is 5. The van der Waals surface area contributed by atoms with E-state index in [1.807, 2.05) is 51.4 Å². The lowest BCUT2D eigenvalue weighted by molar-refractivity contribution is -0.114. The topological polar surface area (TPSA) is 45.1 Å². The summed E-state index contributed by atoms with van der Waals surface area (Å²) in [5.74, 6) is 0.294. The number of amides is 1. The molecule has 27 heavy (non-hydrogen) atoms. The minimum atomic E-state index is -0.202. The zero-order valence-corrected chi connectivity index (χ0v) is 16.8. The van der Waals surface area contributed by atoms with E-state index in [-0.39, 0.29) is 12.5 Å². The fraction of sp³-hybridized carbons (Fsp3) is 0.200. The van der Waals surface area contributed by atoms with Crippen molar-refractivity contribution in [1.82, 2.24) is 4.90 Å². The summed E-state index contributed by atoms with van der Waals surface area (Å²) in [6, 6.07) is 12.7. The third kappa shape index (κ3) is 4.26. The van der Waals surface area contributed by atoms with E-state index < -0.39 is 0 Å². The number of hydrogen-bond donors (Lipinski definition) is 0. The summed E-state index contributed by atoms with van der Waals surface area (Å²) in [4.78, 5) is 14.6. The third-order valence-corrected chi connectivity index (χ3v) is 4.62. The summed E-state index contributed by atoms with van der Waals surface area (Å²) >= 11 is 12.3. The molecule has 140 valence electrons. The maximum Gasteiger partial charge on any atom is 0.282 e. The Hall–Kier alpha value is -2.50. The lowest BCUT2D eigenvalue weighted by atomic mass is 10.1. The zero-order valence-electron chi connectivity index (χ0n) is 15.2. The summed E-state index contributed by atoms with van der Waals surface area (Å²) < 4.78 is 5.84. The highest BCUT2D eigenvalue weighted by molar-refractivity contribution is 6.36. The van der Waals surface area contributed by atoms with Gasteiger partial charge < -0.3 is 9.64 Å². The number of hydrazone groups is 1. The van der Waals surface area contributed by atoms with Gasteiger partial charge in [0.1, 0.15) is 18.1 Å². The highest BCUT2D eigenvalue weighted by atomic mass is 35.5. The van der Waals surface area contributed by atoms with Crippen LogP contribution in [0.3, 0.4) is 0 Å². The first-order chi connectivity index (χ1) is 12.9. The predicted octanol–water partition coefficient (Wildman–Crippen LogP) is 4.53. The van der Waals surface area contributed by atoms with Crippen LogP contribution in [0.15, 0.2) is 59.3 Å². The standard InChI is InChI=1S/C20H19Cl2N3O2/c1-13-9-19(17(22)10-16(13)21)27-12-18-15(11-24(2)3)20(26)25(23-18)14-7-5-4-6-8-14/h4-11H,12H2,1-3H3/b15-11-. The number of aryl methyl sites for hydroxylation is 1. The van der Waals surface area contributed by atoms with Crippen LogP contribution in [-0.4, -0.2) is 37.2 Å². The highest BCUT2D eigenvalue weighted by Gasteiger charge is 2.31. The number of hydrogen-bond acceptors (Lipinski definition) is 4. The van der Waals surface area contributed by atoms with Gasteiger partial charge in [0.25, 0.3) is 5.91 Å². The van der Waals surface area contributed by atoms with Crippen LogP contribution in [0.5, 0.6) is 5.75 Å². The largest absolute Gasteiger partial charge is 0.486 e. The number of benzene rings is 2. The minimum absolute atomic E-state index is 0.107. The highest BCUT2D eigenvalue weighted by Crippen LogP contribution is 2.31. The molecule has 0 atom stereocenters. The molecule has 2 aromatic carbocycles. The van der Waals surface area contributed by atoms with Gasteiger partial charge in [0.05, 0.1) is 16.3 Å². The van der Waals surface area contributed by atoms with E-state index >= 15 is 0 Å². The Bertz CT molecular complexity index is 924. The maximum atomic E-state index is 12.8. The van der Waals surface area contributed by atoms with Crippen molar-refractivity contribution in [2.45, 2.75) is 6.92 Å². The van der Waals surface area contributed by atoms with Gasteiger partial charge in [-0.1, -0.05) is 41.4 Å². The first-order valence-electron chi connectivity index (χ1n) is 8.31. The lowest BCUT2D eigenvalue weighted by Gasteiger charge is -2.12. The molecule has 1 aliphatic heterocycles. The van der Waals surface area contributed by atoms with E-state index in [9.17, 15) is 4.79 Å². The van der Waals surface area contributed by atoms with Gasteiger partial charge in [-0.3, -0.25) is 4.79 Å².